The monoisotopic (exact) mass is 437 g/mol. The van der Waals surface area contributed by atoms with Crippen LogP contribution in [0.2, 0.25) is 0 Å². The third-order valence-corrected chi connectivity index (χ3v) is 5.56. The lowest BCUT2D eigenvalue weighted by Crippen LogP contribution is -2.47. The van der Waals surface area contributed by atoms with Gasteiger partial charge in [0.25, 0.3) is 0 Å². The van der Waals surface area contributed by atoms with Crippen molar-refractivity contribution in [2.24, 2.45) is 7.05 Å². The molecular weight excluding hydrogens is 414 g/mol. The molecule has 1 amide bonds. The van der Waals surface area contributed by atoms with E-state index in [-0.39, 0.29) is 18.3 Å². The van der Waals surface area contributed by atoms with E-state index in [1.165, 1.54) is 0 Å². The molecule has 0 unspecified atom stereocenters. The van der Waals surface area contributed by atoms with Gasteiger partial charge in [0.15, 0.2) is 0 Å². The number of rotatable bonds is 4. The Balaban J connectivity index is 0.00000231. The summed E-state index contributed by atoms with van der Waals surface area (Å²) in [6.07, 6.45) is 7.46. The molecule has 0 saturated carbocycles. The van der Waals surface area contributed by atoms with E-state index in [2.05, 4.69) is 40.6 Å². The molecule has 1 saturated heterocycles. The van der Waals surface area contributed by atoms with Crippen molar-refractivity contribution in [3.8, 4) is 22.5 Å². The van der Waals surface area contributed by atoms with Crippen LogP contribution in [-0.2, 0) is 18.4 Å². The quantitative estimate of drug-likeness (QED) is 0.530. The summed E-state index contributed by atoms with van der Waals surface area (Å²) in [5.41, 5.74) is 6.92. The van der Waals surface area contributed by atoms with Crippen molar-refractivity contribution in [1.29, 1.82) is 0 Å². The molecule has 160 valence electrons. The first-order chi connectivity index (χ1) is 14.6. The Kier molecular flexibility index (Phi) is 5.75. The smallest absolute Gasteiger partial charge is 0.236 e. The average Bonchev–Trinajstić information content (AvgIpc) is 3.39. The Labute approximate surface area is 186 Å². The molecule has 0 radical (unpaired) electrons. The second kappa shape index (κ2) is 8.49. The molecule has 8 nitrogen and oxygen atoms in total. The van der Waals surface area contributed by atoms with Crippen LogP contribution in [0.5, 0.6) is 0 Å². The molecule has 3 aromatic heterocycles. The number of fused-ring (bicyclic) bond motifs is 1. The minimum Gasteiger partial charge on any atom is -0.336 e. The molecule has 4 heterocycles. The van der Waals surface area contributed by atoms with Crippen LogP contribution < -0.4 is 5.32 Å². The van der Waals surface area contributed by atoms with E-state index in [1.807, 2.05) is 34.9 Å². The van der Waals surface area contributed by atoms with E-state index in [0.717, 1.165) is 52.2 Å². The van der Waals surface area contributed by atoms with Gasteiger partial charge in [-0.25, -0.2) is 9.50 Å². The zero-order valence-corrected chi connectivity index (χ0v) is 18.3. The Bertz CT molecular complexity index is 1250. The molecule has 0 spiro atoms. The number of halogens is 1. The molecule has 1 aromatic carbocycles. The number of hydrogen-bond donors (Lipinski definition) is 1. The summed E-state index contributed by atoms with van der Waals surface area (Å²) >= 11 is 0. The summed E-state index contributed by atoms with van der Waals surface area (Å²) in [5.74, 6) is 0.150. The molecule has 1 aliphatic rings. The molecule has 0 atom stereocenters. The van der Waals surface area contributed by atoms with Crippen LogP contribution in [0.15, 0.2) is 49.1 Å². The van der Waals surface area contributed by atoms with Gasteiger partial charge in [0.05, 0.1) is 42.0 Å². The van der Waals surface area contributed by atoms with E-state index < -0.39 is 0 Å². The fourth-order valence-electron chi connectivity index (χ4n) is 3.87. The van der Waals surface area contributed by atoms with Crippen LogP contribution in [0.3, 0.4) is 0 Å². The lowest BCUT2D eigenvalue weighted by atomic mass is 10.0. The van der Waals surface area contributed by atoms with E-state index in [1.54, 1.807) is 17.1 Å². The number of piperazine rings is 1. The molecule has 1 aliphatic heterocycles. The summed E-state index contributed by atoms with van der Waals surface area (Å²) in [5, 5.41) is 11.8. The van der Waals surface area contributed by atoms with Gasteiger partial charge in [-0.3, -0.25) is 9.48 Å². The van der Waals surface area contributed by atoms with Gasteiger partial charge in [-0.05, 0) is 30.2 Å². The number of nitrogens with zero attached hydrogens (tertiary/aromatic N) is 6. The standard InChI is InChI=1S/C22H23N7O.ClH/c1-15-9-16(3-4-17(15)13-28-8-7-23-11-21(28)30)22-20-5-6-24-29(20)14-19(26-22)18-10-25-27(2)12-18;/h3-6,9-10,12,14,23H,7-8,11,13H2,1-2H3;1H. The largest absolute Gasteiger partial charge is 0.336 e. The number of hydrogen-bond acceptors (Lipinski definition) is 5. The first-order valence-corrected chi connectivity index (χ1v) is 10.0. The van der Waals surface area contributed by atoms with Crippen molar-refractivity contribution in [2.75, 3.05) is 19.6 Å². The summed E-state index contributed by atoms with van der Waals surface area (Å²) < 4.78 is 3.62. The van der Waals surface area contributed by atoms with E-state index in [0.29, 0.717) is 13.1 Å². The predicted molar refractivity (Wildman–Crippen MR) is 121 cm³/mol. The average molecular weight is 438 g/mol. The van der Waals surface area contributed by atoms with Crippen LogP contribution in [0, 0.1) is 6.92 Å². The minimum absolute atomic E-state index is 0. The number of amides is 1. The Hall–Kier alpha value is -3.23. The molecular formula is C22H24ClN7O. The maximum atomic E-state index is 12.1. The molecule has 0 aliphatic carbocycles. The topological polar surface area (TPSA) is 80.4 Å². The lowest BCUT2D eigenvalue weighted by molar-refractivity contribution is -0.132. The first-order valence-electron chi connectivity index (χ1n) is 10.0. The van der Waals surface area contributed by atoms with Crippen LogP contribution in [0.1, 0.15) is 11.1 Å². The predicted octanol–water partition coefficient (Wildman–Crippen LogP) is 2.46. The summed E-state index contributed by atoms with van der Waals surface area (Å²) in [6.45, 7) is 4.72. The Morgan fingerprint density at radius 3 is 2.74 bits per heavy atom. The zero-order valence-electron chi connectivity index (χ0n) is 17.4. The zero-order chi connectivity index (χ0) is 20.7. The normalized spacial score (nSPS) is 14.1. The summed E-state index contributed by atoms with van der Waals surface area (Å²) in [6, 6.07) is 8.30. The SMILES string of the molecule is Cc1cc(-c2nc(-c3cnn(C)c3)cn3nccc23)ccc1CN1CCNCC1=O.Cl. The van der Waals surface area contributed by atoms with Gasteiger partial charge < -0.3 is 10.2 Å². The van der Waals surface area contributed by atoms with Crippen molar-refractivity contribution < 1.29 is 4.79 Å². The maximum Gasteiger partial charge on any atom is 0.236 e. The lowest BCUT2D eigenvalue weighted by Gasteiger charge is -2.28. The molecule has 1 fully saturated rings. The molecule has 1 N–H and O–H groups in total. The number of aryl methyl sites for hydroxylation is 2. The van der Waals surface area contributed by atoms with Crippen LogP contribution >= 0.6 is 12.4 Å². The van der Waals surface area contributed by atoms with Gasteiger partial charge in [-0.1, -0.05) is 12.1 Å². The second-order valence-corrected chi connectivity index (χ2v) is 7.67. The minimum atomic E-state index is 0. The van der Waals surface area contributed by atoms with Gasteiger partial charge in [0.1, 0.15) is 0 Å². The molecule has 31 heavy (non-hydrogen) atoms. The Morgan fingerprint density at radius 2 is 2.00 bits per heavy atom. The van der Waals surface area contributed by atoms with Crippen LogP contribution in [-0.4, -0.2) is 54.8 Å². The van der Waals surface area contributed by atoms with Crippen molar-refractivity contribution in [2.45, 2.75) is 13.5 Å². The molecule has 5 rings (SSSR count). The fraction of sp³-hybridized carbons (Fsp3) is 0.273. The van der Waals surface area contributed by atoms with Gasteiger partial charge in [0.2, 0.25) is 5.91 Å². The second-order valence-electron chi connectivity index (χ2n) is 7.67. The summed E-state index contributed by atoms with van der Waals surface area (Å²) in [7, 11) is 1.89. The van der Waals surface area contributed by atoms with Crippen molar-refractivity contribution >= 4 is 23.8 Å². The van der Waals surface area contributed by atoms with E-state index in [9.17, 15) is 4.79 Å². The third kappa shape index (κ3) is 4.04. The number of carbonyl (C=O) groups is 1. The van der Waals surface area contributed by atoms with Crippen molar-refractivity contribution in [3.63, 3.8) is 0 Å². The van der Waals surface area contributed by atoms with Crippen LogP contribution in [0.4, 0.5) is 0 Å². The maximum absolute atomic E-state index is 12.1. The molecule has 0 bridgehead atoms. The highest BCUT2D eigenvalue weighted by atomic mass is 35.5. The van der Waals surface area contributed by atoms with Crippen LogP contribution in [0.25, 0.3) is 28.0 Å². The summed E-state index contributed by atoms with van der Waals surface area (Å²) in [4.78, 5) is 19.0. The number of aromatic nitrogens is 5. The van der Waals surface area contributed by atoms with E-state index in [4.69, 9.17) is 4.98 Å². The van der Waals surface area contributed by atoms with E-state index >= 15 is 0 Å². The van der Waals surface area contributed by atoms with Gasteiger partial charge in [0, 0.05) is 44.0 Å². The fourth-order valence-corrected chi connectivity index (χ4v) is 3.87. The molecule has 4 aromatic rings. The van der Waals surface area contributed by atoms with Crippen molar-refractivity contribution in [3.05, 3.63) is 60.2 Å². The third-order valence-electron chi connectivity index (χ3n) is 5.56. The van der Waals surface area contributed by atoms with Gasteiger partial charge >= 0.3 is 0 Å². The number of benzene rings is 1. The highest BCUT2D eigenvalue weighted by Crippen LogP contribution is 2.28. The molecule has 9 heteroatoms. The number of carbonyl (C=O) groups excluding carboxylic acids is 1. The highest BCUT2D eigenvalue weighted by Gasteiger charge is 2.19. The number of nitrogens with one attached hydrogen (secondary N) is 1. The first kappa shape index (κ1) is 21.0. The van der Waals surface area contributed by atoms with Gasteiger partial charge in [-0.2, -0.15) is 10.2 Å². The van der Waals surface area contributed by atoms with Crippen molar-refractivity contribution in [1.82, 2.24) is 34.6 Å². The highest BCUT2D eigenvalue weighted by molar-refractivity contribution is 5.85. The Morgan fingerprint density at radius 1 is 1.13 bits per heavy atom. The van der Waals surface area contributed by atoms with Gasteiger partial charge in [-0.15, -0.1) is 12.4 Å².